The van der Waals surface area contributed by atoms with E-state index in [0.29, 0.717) is 12.8 Å². The van der Waals surface area contributed by atoms with Gasteiger partial charge in [-0.2, -0.15) is 0 Å². The molecule has 2 fully saturated rings. The minimum absolute atomic E-state index is 0.166. The van der Waals surface area contributed by atoms with Crippen molar-refractivity contribution in [3.05, 3.63) is 24.3 Å². The van der Waals surface area contributed by atoms with Gasteiger partial charge < -0.3 is 64.2 Å². The number of carbonyl (C=O) groups excluding carboxylic acids is 2. The summed E-state index contributed by atoms with van der Waals surface area (Å²) in [6, 6.07) is 0. The summed E-state index contributed by atoms with van der Waals surface area (Å²) in [7, 11) is 0. The molecule has 2 rings (SSSR count). The largest absolute Gasteiger partial charge is 0.462 e. The van der Waals surface area contributed by atoms with Crippen LogP contribution in [0.25, 0.3) is 0 Å². The van der Waals surface area contributed by atoms with E-state index in [1.54, 1.807) is 0 Å². The molecule has 0 saturated carbocycles. The van der Waals surface area contributed by atoms with Gasteiger partial charge in [0.15, 0.2) is 18.7 Å². The van der Waals surface area contributed by atoms with E-state index >= 15 is 0 Å². The highest BCUT2D eigenvalue weighted by molar-refractivity contribution is 5.70. The average molecular weight is 1030 g/mol. The Bertz CT molecular complexity index is 1350. The van der Waals surface area contributed by atoms with E-state index < -0.39 is 92.7 Å². The summed E-state index contributed by atoms with van der Waals surface area (Å²) in [6.45, 7) is 2.60. The van der Waals surface area contributed by atoms with Crippen molar-refractivity contribution in [3.63, 3.8) is 0 Å². The highest BCUT2D eigenvalue weighted by Gasteiger charge is 2.47. The molecule has 0 aliphatic carbocycles. The molecule has 2 heterocycles. The molecule has 0 bridgehead atoms. The first-order valence-corrected chi connectivity index (χ1v) is 28.9. The SMILES string of the molecule is CCCCCC/C=C/CCCCCCCCCC(=O)OC[C@H](CO[C@H]1O[C@@H](CO[C@H]2O[C@@H](CO)[C@@H](O)C(O)C2O)[C@@H](O)C(O)C1O)OC(=O)CCCCCCCCCCCCC/C=C/CCCCCCCC. The van der Waals surface area contributed by atoms with Crippen LogP contribution in [0.4, 0.5) is 0 Å². The fourth-order valence-electron chi connectivity index (χ4n) is 9.15. The Morgan fingerprint density at radius 1 is 0.431 bits per heavy atom. The first kappa shape index (κ1) is 66.1. The van der Waals surface area contributed by atoms with Crippen LogP contribution in [0.1, 0.15) is 232 Å². The highest BCUT2D eigenvalue weighted by Crippen LogP contribution is 2.27. The molecule has 15 heteroatoms. The standard InChI is InChI=1S/C57H104O15/c1-3-5-7-9-11-13-15-17-19-20-21-22-23-24-26-28-30-32-34-36-38-40-49(60)70-45(42-67-48(59)39-37-35-33-31-29-27-25-18-16-14-12-10-8-6-4-2)43-68-56-55(66)53(64)51(62)47(72-56)44-69-57-54(65)52(63)50(61)46(41-58)71-57/h14,16-17,19,45-47,50-58,61-66H,3-13,15,18,20-44H2,1-2H3/b16-14+,19-17+/t45-,46+,47+,50-,51-,52?,53?,54?,55?,56+,57+/m1/s1. The fourth-order valence-corrected chi connectivity index (χ4v) is 9.15. The van der Waals surface area contributed by atoms with Gasteiger partial charge in [0.25, 0.3) is 0 Å². The second-order valence-corrected chi connectivity index (χ2v) is 20.5. The molecule has 0 aromatic heterocycles. The zero-order chi connectivity index (χ0) is 52.4. The number of rotatable bonds is 46. The number of hydrogen-bond donors (Lipinski definition) is 7. The number of aliphatic hydroxyl groups excluding tert-OH is 7. The minimum Gasteiger partial charge on any atom is -0.462 e. The van der Waals surface area contributed by atoms with Gasteiger partial charge >= 0.3 is 11.9 Å². The first-order chi connectivity index (χ1) is 35.0. The van der Waals surface area contributed by atoms with Crippen LogP contribution in [0.2, 0.25) is 0 Å². The van der Waals surface area contributed by atoms with Crippen molar-refractivity contribution in [2.75, 3.05) is 26.4 Å². The van der Waals surface area contributed by atoms with Crippen LogP contribution >= 0.6 is 0 Å². The number of carbonyl (C=O) groups is 2. The van der Waals surface area contributed by atoms with Crippen LogP contribution in [0.15, 0.2) is 24.3 Å². The van der Waals surface area contributed by atoms with Crippen LogP contribution in [-0.2, 0) is 38.0 Å². The summed E-state index contributed by atoms with van der Waals surface area (Å²) in [5.41, 5.74) is 0. The number of aliphatic hydroxyl groups is 7. The Kier molecular flexibility index (Phi) is 40.5. The molecular weight excluding hydrogens is 925 g/mol. The monoisotopic (exact) mass is 1030 g/mol. The van der Waals surface area contributed by atoms with Gasteiger partial charge in [0.05, 0.1) is 19.8 Å². The second-order valence-electron chi connectivity index (χ2n) is 20.5. The lowest BCUT2D eigenvalue weighted by molar-refractivity contribution is -0.332. The predicted molar refractivity (Wildman–Crippen MR) is 280 cm³/mol. The first-order valence-electron chi connectivity index (χ1n) is 28.9. The molecule has 11 atom stereocenters. The van der Waals surface area contributed by atoms with Crippen molar-refractivity contribution in [3.8, 4) is 0 Å². The van der Waals surface area contributed by atoms with E-state index in [2.05, 4.69) is 38.2 Å². The maximum absolute atomic E-state index is 13.1. The minimum atomic E-state index is -1.76. The van der Waals surface area contributed by atoms with Gasteiger partial charge in [0.1, 0.15) is 55.4 Å². The molecule has 2 aliphatic heterocycles. The Labute approximate surface area is 434 Å². The summed E-state index contributed by atoms with van der Waals surface area (Å²) >= 11 is 0. The van der Waals surface area contributed by atoms with E-state index in [4.69, 9.17) is 28.4 Å². The van der Waals surface area contributed by atoms with Crippen LogP contribution in [0.3, 0.4) is 0 Å². The molecule has 72 heavy (non-hydrogen) atoms. The summed E-state index contributed by atoms with van der Waals surface area (Å²) in [5.74, 6) is -0.921. The van der Waals surface area contributed by atoms with Crippen molar-refractivity contribution in [1.29, 1.82) is 0 Å². The molecule has 0 amide bonds. The van der Waals surface area contributed by atoms with Crippen LogP contribution in [0.5, 0.6) is 0 Å². The van der Waals surface area contributed by atoms with E-state index in [1.807, 2.05) is 0 Å². The van der Waals surface area contributed by atoms with Crippen molar-refractivity contribution < 1.29 is 73.8 Å². The third-order valence-electron chi connectivity index (χ3n) is 13.9. The highest BCUT2D eigenvalue weighted by atomic mass is 16.7. The van der Waals surface area contributed by atoms with E-state index in [1.165, 1.54) is 148 Å². The lowest BCUT2D eigenvalue weighted by Crippen LogP contribution is -2.61. The topological polar surface area (TPSA) is 231 Å². The van der Waals surface area contributed by atoms with Gasteiger partial charge in [-0.3, -0.25) is 9.59 Å². The summed E-state index contributed by atoms with van der Waals surface area (Å²) < 4.78 is 33.7. The Balaban J connectivity index is 1.75. The van der Waals surface area contributed by atoms with Gasteiger partial charge in [-0.25, -0.2) is 0 Å². The van der Waals surface area contributed by atoms with Crippen LogP contribution in [-0.4, -0.2) is 142 Å². The molecule has 0 radical (unpaired) electrons. The quantitative estimate of drug-likeness (QED) is 0.0171. The maximum Gasteiger partial charge on any atom is 0.306 e. The number of allylic oxidation sites excluding steroid dienone is 4. The van der Waals surface area contributed by atoms with Crippen molar-refractivity contribution in [2.24, 2.45) is 0 Å². The maximum atomic E-state index is 13.1. The molecule has 0 aromatic carbocycles. The van der Waals surface area contributed by atoms with Crippen LogP contribution in [0, 0.1) is 0 Å². The van der Waals surface area contributed by atoms with E-state index in [9.17, 15) is 45.3 Å². The molecule has 0 spiro atoms. The summed E-state index contributed by atoms with van der Waals surface area (Å²) in [5, 5.41) is 72.2. The van der Waals surface area contributed by atoms with Gasteiger partial charge in [-0.05, 0) is 64.2 Å². The zero-order valence-corrected chi connectivity index (χ0v) is 44.9. The smallest absolute Gasteiger partial charge is 0.306 e. The van der Waals surface area contributed by atoms with Gasteiger partial charge in [0, 0.05) is 12.8 Å². The normalized spacial score (nSPS) is 25.1. The number of unbranched alkanes of at least 4 members (excludes halogenated alkanes) is 28. The molecule has 422 valence electrons. The molecule has 2 saturated heterocycles. The molecule has 4 unspecified atom stereocenters. The molecule has 0 aromatic rings. The predicted octanol–water partition coefficient (Wildman–Crippen LogP) is 9.50. The Hall–Kier alpha value is -2.02. The van der Waals surface area contributed by atoms with E-state index in [-0.39, 0.29) is 26.1 Å². The van der Waals surface area contributed by atoms with Crippen molar-refractivity contribution >= 4 is 11.9 Å². The Morgan fingerprint density at radius 2 is 0.792 bits per heavy atom. The third-order valence-corrected chi connectivity index (χ3v) is 13.9. The van der Waals surface area contributed by atoms with Gasteiger partial charge in [0.2, 0.25) is 0 Å². The lowest BCUT2D eigenvalue weighted by Gasteiger charge is -2.42. The van der Waals surface area contributed by atoms with Crippen molar-refractivity contribution in [1.82, 2.24) is 0 Å². The molecular formula is C57H104O15. The molecule has 7 N–H and O–H groups in total. The number of esters is 2. The second kappa shape index (κ2) is 44.1. The molecule has 15 nitrogen and oxygen atoms in total. The van der Waals surface area contributed by atoms with Gasteiger partial charge in [-0.1, -0.05) is 179 Å². The number of hydrogen-bond acceptors (Lipinski definition) is 15. The molecule has 2 aliphatic rings. The van der Waals surface area contributed by atoms with Crippen LogP contribution < -0.4 is 0 Å². The van der Waals surface area contributed by atoms with Crippen molar-refractivity contribution in [2.45, 2.75) is 300 Å². The lowest BCUT2D eigenvalue weighted by atomic mass is 9.98. The zero-order valence-electron chi connectivity index (χ0n) is 44.9. The fraction of sp³-hybridized carbons (Fsp3) is 0.895. The third kappa shape index (κ3) is 31.1. The number of ether oxygens (including phenoxy) is 6. The Morgan fingerprint density at radius 3 is 1.24 bits per heavy atom. The van der Waals surface area contributed by atoms with E-state index in [0.717, 1.165) is 44.9 Å². The average Bonchev–Trinajstić information content (AvgIpc) is 3.37. The summed E-state index contributed by atoms with van der Waals surface area (Å²) in [6.07, 6.45) is 30.5. The van der Waals surface area contributed by atoms with Gasteiger partial charge in [-0.15, -0.1) is 0 Å². The summed E-state index contributed by atoms with van der Waals surface area (Å²) in [4.78, 5) is 25.9.